The van der Waals surface area contributed by atoms with Crippen molar-refractivity contribution in [2.24, 2.45) is 0 Å². The summed E-state index contributed by atoms with van der Waals surface area (Å²) in [7, 11) is 0. The molecular formula is C9H15O2. The maximum absolute atomic E-state index is 10.5. The molecule has 0 aliphatic carbocycles. The van der Waals surface area contributed by atoms with Gasteiger partial charge in [-0.05, 0) is 26.2 Å². The van der Waals surface area contributed by atoms with Crippen molar-refractivity contribution in [3.63, 3.8) is 0 Å². The third-order valence-corrected chi connectivity index (χ3v) is 1.47. The molecule has 0 aromatic rings. The van der Waals surface area contributed by atoms with E-state index in [9.17, 15) is 4.79 Å². The first-order chi connectivity index (χ1) is 5.22. The highest BCUT2D eigenvalue weighted by molar-refractivity contribution is 5.86. The molecule has 0 aromatic heterocycles. The molecule has 0 heterocycles. The Balaban J connectivity index is 3.90. The zero-order valence-corrected chi connectivity index (χ0v) is 6.97. The normalized spacial score (nSPS) is 11.6. The molecule has 0 amide bonds. The number of allylic oxidation sites excluding steroid dienone is 1. The zero-order chi connectivity index (χ0) is 8.69. The predicted octanol–water partition coefficient (Wildman–Crippen LogP) is 2.41. The molecule has 11 heavy (non-hydrogen) atoms. The van der Waals surface area contributed by atoms with E-state index in [2.05, 4.69) is 6.92 Å². The summed E-state index contributed by atoms with van der Waals surface area (Å²) in [6.45, 7) is 5.62. The van der Waals surface area contributed by atoms with Crippen LogP contribution in [0.2, 0.25) is 0 Å². The van der Waals surface area contributed by atoms with Crippen molar-refractivity contribution in [3.8, 4) is 0 Å². The summed E-state index contributed by atoms with van der Waals surface area (Å²) in [6.07, 6.45) is 4.88. The van der Waals surface area contributed by atoms with Gasteiger partial charge < -0.3 is 5.11 Å². The average Bonchev–Trinajstić information content (AvgIpc) is 1.97. The van der Waals surface area contributed by atoms with Gasteiger partial charge in [0.2, 0.25) is 0 Å². The molecule has 0 bridgehead atoms. The Hall–Kier alpha value is -0.790. The van der Waals surface area contributed by atoms with Crippen LogP contribution in [0.15, 0.2) is 11.6 Å². The summed E-state index contributed by atoms with van der Waals surface area (Å²) in [5, 5.41) is 8.63. The standard InChI is InChI=1S/C9H15O2/c1-3-5-7-8(6-4-2)9(10)11/h6H,2-5,7H2,1H3,(H,10,11). The van der Waals surface area contributed by atoms with Crippen LogP contribution in [0.25, 0.3) is 0 Å². The maximum Gasteiger partial charge on any atom is 0.331 e. The molecule has 0 aliphatic rings. The lowest BCUT2D eigenvalue weighted by Gasteiger charge is -1.98. The highest BCUT2D eigenvalue weighted by atomic mass is 16.4. The molecule has 0 aliphatic heterocycles. The lowest BCUT2D eigenvalue weighted by Crippen LogP contribution is -2.00. The molecule has 0 saturated heterocycles. The molecule has 0 aromatic carbocycles. The first kappa shape index (κ1) is 10.2. The van der Waals surface area contributed by atoms with E-state index in [0.29, 0.717) is 18.4 Å². The van der Waals surface area contributed by atoms with Gasteiger partial charge in [-0.1, -0.05) is 19.4 Å². The summed E-state index contributed by atoms with van der Waals surface area (Å²) >= 11 is 0. The topological polar surface area (TPSA) is 37.3 Å². The van der Waals surface area contributed by atoms with Crippen LogP contribution >= 0.6 is 0 Å². The highest BCUT2D eigenvalue weighted by Gasteiger charge is 2.04. The Labute approximate surface area is 67.9 Å². The van der Waals surface area contributed by atoms with E-state index in [4.69, 9.17) is 5.11 Å². The van der Waals surface area contributed by atoms with E-state index < -0.39 is 5.97 Å². The van der Waals surface area contributed by atoms with Gasteiger partial charge in [0.15, 0.2) is 0 Å². The maximum atomic E-state index is 10.5. The van der Waals surface area contributed by atoms with Crippen molar-refractivity contribution >= 4 is 5.97 Å². The van der Waals surface area contributed by atoms with Crippen molar-refractivity contribution in [2.75, 3.05) is 0 Å². The number of hydrogen-bond donors (Lipinski definition) is 1. The monoisotopic (exact) mass is 155 g/mol. The number of carboxylic acids is 1. The lowest BCUT2D eigenvalue weighted by atomic mass is 10.1. The van der Waals surface area contributed by atoms with Crippen LogP contribution in [0.1, 0.15) is 32.6 Å². The van der Waals surface area contributed by atoms with Gasteiger partial charge in [-0.3, -0.25) is 0 Å². The van der Waals surface area contributed by atoms with E-state index in [1.54, 1.807) is 6.08 Å². The number of hydrogen-bond acceptors (Lipinski definition) is 1. The lowest BCUT2D eigenvalue weighted by molar-refractivity contribution is -0.132. The van der Waals surface area contributed by atoms with Crippen LogP contribution in [-0.2, 0) is 4.79 Å². The van der Waals surface area contributed by atoms with Gasteiger partial charge in [0.05, 0.1) is 0 Å². The molecule has 2 nitrogen and oxygen atoms in total. The molecular weight excluding hydrogens is 140 g/mol. The summed E-state index contributed by atoms with van der Waals surface area (Å²) in [6, 6.07) is 0. The van der Waals surface area contributed by atoms with Gasteiger partial charge in [-0.2, -0.15) is 0 Å². The second-order valence-corrected chi connectivity index (χ2v) is 2.43. The molecule has 0 saturated carbocycles. The Morgan fingerprint density at radius 2 is 2.27 bits per heavy atom. The average molecular weight is 155 g/mol. The number of aliphatic carboxylic acids is 1. The Morgan fingerprint density at radius 3 is 2.64 bits per heavy atom. The molecule has 0 spiro atoms. The largest absolute Gasteiger partial charge is 0.478 e. The highest BCUT2D eigenvalue weighted by Crippen LogP contribution is 2.07. The van der Waals surface area contributed by atoms with Crippen molar-refractivity contribution in [2.45, 2.75) is 32.6 Å². The SMILES string of the molecule is [CH2]CC=C(CCCC)C(=O)O. The third kappa shape index (κ3) is 4.59. The predicted molar refractivity (Wildman–Crippen MR) is 45.2 cm³/mol. The molecule has 0 rings (SSSR count). The second-order valence-electron chi connectivity index (χ2n) is 2.43. The molecule has 1 N–H and O–H groups in total. The number of carbonyl (C=O) groups is 1. The summed E-state index contributed by atoms with van der Waals surface area (Å²) in [5.41, 5.74) is 0.502. The number of carboxylic acid groups (broad SMARTS) is 1. The van der Waals surface area contributed by atoms with Crippen LogP contribution in [-0.4, -0.2) is 11.1 Å². The van der Waals surface area contributed by atoms with E-state index in [1.807, 2.05) is 6.92 Å². The molecule has 0 atom stereocenters. The van der Waals surface area contributed by atoms with Gasteiger partial charge in [-0.15, -0.1) is 0 Å². The summed E-state index contributed by atoms with van der Waals surface area (Å²) in [5.74, 6) is -0.804. The number of rotatable bonds is 5. The van der Waals surface area contributed by atoms with Crippen molar-refractivity contribution in [1.29, 1.82) is 0 Å². The van der Waals surface area contributed by atoms with E-state index in [1.165, 1.54) is 0 Å². The zero-order valence-electron chi connectivity index (χ0n) is 6.97. The minimum atomic E-state index is -0.804. The van der Waals surface area contributed by atoms with Crippen molar-refractivity contribution in [1.82, 2.24) is 0 Å². The first-order valence-electron chi connectivity index (χ1n) is 3.94. The molecule has 0 fully saturated rings. The van der Waals surface area contributed by atoms with E-state index >= 15 is 0 Å². The summed E-state index contributed by atoms with van der Waals surface area (Å²) < 4.78 is 0. The quantitative estimate of drug-likeness (QED) is 0.619. The minimum Gasteiger partial charge on any atom is -0.478 e. The van der Waals surface area contributed by atoms with Crippen LogP contribution in [0, 0.1) is 6.92 Å². The fourth-order valence-electron chi connectivity index (χ4n) is 0.838. The molecule has 1 radical (unpaired) electrons. The summed E-state index contributed by atoms with van der Waals surface area (Å²) in [4.78, 5) is 10.5. The van der Waals surface area contributed by atoms with Gasteiger partial charge in [-0.25, -0.2) is 4.79 Å². The van der Waals surface area contributed by atoms with Crippen molar-refractivity contribution < 1.29 is 9.90 Å². The Morgan fingerprint density at radius 1 is 1.64 bits per heavy atom. The fourth-order valence-corrected chi connectivity index (χ4v) is 0.838. The van der Waals surface area contributed by atoms with Crippen LogP contribution < -0.4 is 0 Å². The first-order valence-corrected chi connectivity index (χ1v) is 3.94. The van der Waals surface area contributed by atoms with Gasteiger partial charge >= 0.3 is 5.97 Å². The fraction of sp³-hybridized carbons (Fsp3) is 0.556. The van der Waals surface area contributed by atoms with E-state index in [0.717, 1.165) is 12.8 Å². The smallest absolute Gasteiger partial charge is 0.331 e. The van der Waals surface area contributed by atoms with Crippen LogP contribution in [0.5, 0.6) is 0 Å². The third-order valence-electron chi connectivity index (χ3n) is 1.47. The Bertz CT molecular complexity index is 148. The van der Waals surface area contributed by atoms with E-state index in [-0.39, 0.29) is 0 Å². The van der Waals surface area contributed by atoms with Gasteiger partial charge in [0.1, 0.15) is 0 Å². The van der Waals surface area contributed by atoms with Gasteiger partial charge in [0, 0.05) is 5.57 Å². The molecule has 0 unspecified atom stereocenters. The van der Waals surface area contributed by atoms with Crippen molar-refractivity contribution in [3.05, 3.63) is 18.6 Å². The van der Waals surface area contributed by atoms with Gasteiger partial charge in [0.25, 0.3) is 0 Å². The molecule has 2 heteroatoms. The second kappa shape index (κ2) is 5.96. The van der Waals surface area contributed by atoms with Crippen LogP contribution in [0.4, 0.5) is 0 Å². The number of unbranched alkanes of at least 4 members (excludes halogenated alkanes) is 1. The Kier molecular flexibility index (Phi) is 5.53. The molecule has 63 valence electrons. The minimum absolute atomic E-state index is 0.502. The van der Waals surface area contributed by atoms with Crippen LogP contribution in [0.3, 0.4) is 0 Å².